The zero-order chi connectivity index (χ0) is 13.4. The molecule has 1 aromatic carbocycles. The molecule has 1 aliphatic rings. The van der Waals surface area contributed by atoms with Crippen LogP contribution in [0.15, 0.2) is 24.3 Å². The van der Waals surface area contributed by atoms with Gasteiger partial charge in [0.1, 0.15) is 0 Å². The minimum atomic E-state index is 0.811. The van der Waals surface area contributed by atoms with Gasteiger partial charge in [-0.05, 0) is 43.5 Å². The molecule has 0 spiro atoms. The van der Waals surface area contributed by atoms with Crippen LogP contribution in [0.3, 0.4) is 0 Å². The minimum absolute atomic E-state index is 0.811. The molecule has 1 fully saturated rings. The molecule has 2 aromatic rings. The predicted octanol–water partition coefficient (Wildman–Crippen LogP) is 3.36. The van der Waals surface area contributed by atoms with Crippen molar-refractivity contribution < 1.29 is 0 Å². The molecular formula is C16H21N3. The van der Waals surface area contributed by atoms with E-state index in [1.54, 1.807) is 0 Å². The molecule has 1 unspecified atom stereocenters. The molecule has 0 bridgehead atoms. The van der Waals surface area contributed by atoms with Gasteiger partial charge in [0, 0.05) is 35.5 Å². The Labute approximate surface area is 114 Å². The number of nitrogens with zero attached hydrogens (tertiary/aromatic N) is 2. The maximum absolute atomic E-state index is 5.94. The van der Waals surface area contributed by atoms with E-state index >= 15 is 0 Å². The smallest absolute Gasteiger partial charge is 0.0727 e. The molecule has 0 saturated carbocycles. The van der Waals surface area contributed by atoms with Crippen molar-refractivity contribution in [1.29, 1.82) is 0 Å². The lowest BCUT2D eigenvalue weighted by atomic mass is 10.1. The van der Waals surface area contributed by atoms with E-state index in [-0.39, 0.29) is 0 Å². The van der Waals surface area contributed by atoms with Crippen molar-refractivity contribution >= 4 is 22.3 Å². The Morgan fingerprint density at radius 1 is 1.37 bits per heavy atom. The summed E-state index contributed by atoms with van der Waals surface area (Å²) in [6.45, 7) is 6.64. The van der Waals surface area contributed by atoms with E-state index in [1.165, 1.54) is 23.9 Å². The fraction of sp³-hybridized carbons (Fsp3) is 0.438. The third-order valence-corrected chi connectivity index (χ3v) is 4.14. The van der Waals surface area contributed by atoms with E-state index < -0.39 is 0 Å². The number of nitrogens with two attached hydrogens (primary N) is 1. The number of pyridine rings is 1. The molecule has 0 aliphatic carbocycles. The molecule has 1 saturated heterocycles. The van der Waals surface area contributed by atoms with Crippen molar-refractivity contribution in [3.05, 3.63) is 30.0 Å². The molecule has 2 heterocycles. The SMILES string of the molecule is CCC1CCN(c2cc(C)nc3ccc(N)cc23)C1. The van der Waals surface area contributed by atoms with Gasteiger partial charge in [0.2, 0.25) is 0 Å². The molecule has 1 aliphatic heterocycles. The second kappa shape index (κ2) is 4.72. The van der Waals surface area contributed by atoms with E-state index in [2.05, 4.69) is 35.9 Å². The molecule has 0 radical (unpaired) electrons. The summed E-state index contributed by atoms with van der Waals surface area (Å²) < 4.78 is 0. The first-order chi connectivity index (χ1) is 9.17. The number of nitrogen functional groups attached to an aromatic ring is 1. The van der Waals surface area contributed by atoms with Gasteiger partial charge in [0.25, 0.3) is 0 Å². The van der Waals surface area contributed by atoms with Gasteiger partial charge in [-0.2, -0.15) is 0 Å². The quantitative estimate of drug-likeness (QED) is 0.837. The van der Waals surface area contributed by atoms with Crippen LogP contribution in [0.1, 0.15) is 25.5 Å². The average Bonchev–Trinajstić information content (AvgIpc) is 2.87. The molecule has 1 aromatic heterocycles. The first kappa shape index (κ1) is 12.3. The lowest BCUT2D eigenvalue weighted by molar-refractivity contribution is 0.569. The molecule has 100 valence electrons. The number of rotatable bonds is 2. The molecule has 0 amide bonds. The first-order valence-corrected chi connectivity index (χ1v) is 7.09. The fourth-order valence-corrected chi connectivity index (χ4v) is 3.00. The Morgan fingerprint density at radius 2 is 2.21 bits per heavy atom. The van der Waals surface area contributed by atoms with Gasteiger partial charge in [-0.3, -0.25) is 4.98 Å². The third kappa shape index (κ3) is 2.25. The summed E-state index contributed by atoms with van der Waals surface area (Å²) in [6, 6.07) is 8.20. The molecule has 1 atom stereocenters. The van der Waals surface area contributed by atoms with Crippen LogP contribution in [0.2, 0.25) is 0 Å². The lowest BCUT2D eigenvalue weighted by Gasteiger charge is -2.21. The molecular weight excluding hydrogens is 234 g/mol. The van der Waals surface area contributed by atoms with Crippen LogP contribution in [0.25, 0.3) is 10.9 Å². The summed E-state index contributed by atoms with van der Waals surface area (Å²) in [4.78, 5) is 7.10. The number of hydrogen-bond acceptors (Lipinski definition) is 3. The van der Waals surface area contributed by atoms with Crippen LogP contribution < -0.4 is 10.6 Å². The Balaban J connectivity index is 2.09. The maximum Gasteiger partial charge on any atom is 0.0727 e. The van der Waals surface area contributed by atoms with Crippen molar-refractivity contribution in [2.24, 2.45) is 5.92 Å². The van der Waals surface area contributed by atoms with E-state index in [9.17, 15) is 0 Å². The van der Waals surface area contributed by atoms with Gasteiger partial charge in [0.05, 0.1) is 5.52 Å². The van der Waals surface area contributed by atoms with Gasteiger partial charge in [-0.15, -0.1) is 0 Å². The molecule has 3 nitrogen and oxygen atoms in total. The zero-order valence-electron chi connectivity index (χ0n) is 11.7. The summed E-state index contributed by atoms with van der Waals surface area (Å²) >= 11 is 0. The first-order valence-electron chi connectivity index (χ1n) is 7.09. The van der Waals surface area contributed by atoms with E-state index in [4.69, 9.17) is 5.73 Å². The van der Waals surface area contributed by atoms with Crippen LogP contribution in [-0.4, -0.2) is 18.1 Å². The highest BCUT2D eigenvalue weighted by molar-refractivity contribution is 5.94. The monoisotopic (exact) mass is 255 g/mol. The van der Waals surface area contributed by atoms with Gasteiger partial charge >= 0.3 is 0 Å². The van der Waals surface area contributed by atoms with Crippen LogP contribution >= 0.6 is 0 Å². The lowest BCUT2D eigenvalue weighted by Crippen LogP contribution is -2.20. The highest BCUT2D eigenvalue weighted by Gasteiger charge is 2.22. The zero-order valence-corrected chi connectivity index (χ0v) is 11.7. The van der Waals surface area contributed by atoms with E-state index in [1.807, 2.05) is 12.1 Å². The molecule has 19 heavy (non-hydrogen) atoms. The predicted molar refractivity (Wildman–Crippen MR) is 81.5 cm³/mol. The van der Waals surface area contributed by atoms with E-state index in [0.29, 0.717) is 0 Å². The highest BCUT2D eigenvalue weighted by atomic mass is 15.2. The Kier molecular flexibility index (Phi) is 3.05. The number of hydrogen-bond donors (Lipinski definition) is 1. The summed E-state index contributed by atoms with van der Waals surface area (Å²) in [5.74, 6) is 0.824. The Morgan fingerprint density at radius 3 is 2.95 bits per heavy atom. The summed E-state index contributed by atoms with van der Waals surface area (Å²) in [7, 11) is 0. The molecule has 2 N–H and O–H groups in total. The second-order valence-corrected chi connectivity index (χ2v) is 5.57. The van der Waals surface area contributed by atoms with Crippen LogP contribution in [0.4, 0.5) is 11.4 Å². The number of aryl methyl sites for hydroxylation is 1. The van der Waals surface area contributed by atoms with Crippen LogP contribution in [0.5, 0.6) is 0 Å². The molecule has 3 rings (SSSR count). The van der Waals surface area contributed by atoms with Gasteiger partial charge in [-0.1, -0.05) is 13.3 Å². The summed E-state index contributed by atoms with van der Waals surface area (Å²) in [6.07, 6.45) is 2.56. The van der Waals surface area contributed by atoms with E-state index in [0.717, 1.165) is 35.9 Å². The van der Waals surface area contributed by atoms with Crippen molar-refractivity contribution in [2.45, 2.75) is 26.7 Å². The Bertz CT molecular complexity index is 606. The van der Waals surface area contributed by atoms with Crippen molar-refractivity contribution in [2.75, 3.05) is 23.7 Å². The molecule has 3 heteroatoms. The number of fused-ring (bicyclic) bond motifs is 1. The fourth-order valence-electron chi connectivity index (χ4n) is 3.00. The van der Waals surface area contributed by atoms with Gasteiger partial charge in [-0.25, -0.2) is 0 Å². The average molecular weight is 255 g/mol. The maximum atomic E-state index is 5.94. The largest absolute Gasteiger partial charge is 0.399 e. The number of anilines is 2. The van der Waals surface area contributed by atoms with Crippen molar-refractivity contribution in [3.63, 3.8) is 0 Å². The second-order valence-electron chi connectivity index (χ2n) is 5.57. The number of aromatic nitrogens is 1. The normalized spacial score (nSPS) is 19.3. The van der Waals surface area contributed by atoms with Gasteiger partial charge in [0.15, 0.2) is 0 Å². The standard InChI is InChI=1S/C16H21N3/c1-3-12-6-7-19(10-12)16-8-11(2)18-15-5-4-13(17)9-14(15)16/h4-5,8-9,12H,3,6-7,10,17H2,1-2H3. The number of benzene rings is 1. The van der Waals surface area contributed by atoms with Crippen molar-refractivity contribution in [3.8, 4) is 0 Å². The van der Waals surface area contributed by atoms with Crippen molar-refractivity contribution in [1.82, 2.24) is 4.98 Å². The third-order valence-electron chi connectivity index (χ3n) is 4.14. The topological polar surface area (TPSA) is 42.2 Å². The summed E-state index contributed by atoms with van der Waals surface area (Å²) in [5, 5.41) is 1.18. The van der Waals surface area contributed by atoms with Crippen LogP contribution in [-0.2, 0) is 0 Å². The Hall–Kier alpha value is -1.77. The van der Waals surface area contributed by atoms with Crippen LogP contribution in [0, 0.1) is 12.8 Å². The summed E-state index contributed by atoms with van der Waals surface area (Å²) in [5.41, 5.74) is 10.2. The van der Waals surface area contributed by atoms with Gasteiger partial charge < -0.3 is 10.6 Å². The highest BCUT2D eigenvalue weighted by Crippen LogP contribution is 2.32. The minimum Gasteiger partial charge on any atom is -0.399 e.